The molecule has 0 N–H and O–H groups in total. The number of ether oxygens (including phenoxy) is 1. The molecule has 94 valence electrons. The molecule has 1 saturated heterocycles. The summed E-state index contributed by atoms with van der Waals surface area (Å²) in [5.41, 5.74) is 0.422. The van der Waals surface area contributed by atoms with Gasteiger partial charge in [0.05, 0.1) is 19.6 Å². The first-order valence-corrected chi connectivity index (χ1v) is 7.22. The van der Waals surface area contributed by atoms with E-state index in [2.05, 4.69) is 34.6 Å². The molecule has 0 aromatic carbocycles. The maximum atomic E-state index is 7.00. The number of hydrogen-bond donors (Lipinski definition) is 0. The Bertz CT molecular complexity index is 366. The van der Waals surface area contributed by atoms with Crippen molar-refractivity contribution in [2.45, 2.75) is 77.3 Å². The number of rotatable bonds is 1. The van der Waals surface area contributed by atoms with E-state index in [4.69, 9.17) is 12.6 Å². The Morgan fingerprint density at radius 3 is 2.53 bits per heavy atom. The summed E-state index contributed by atoms with van der Waals surface area (Å²) in [6.45, 7) is 11.7. The van der Waals surface area contributed by atoms with Gasteiger partial charge in [0.15, 0.2) is 0 Å². The van der Waals surface area contributed by atoms with E-state index in [-0.39, 0.29) is 16.3 Å². The summed E-state index contributed by atoms with van der Waals surface area (Å²) in [6.07, 6.45) is 5.29. The smallest absolute Gasteiger partial charge is 0.0969 e. The van der Waals surface area contributed by atoms with Crippen molar-refractivity contribution in [3.8, 4) is 0 Å². The number of epoxide rings is 1. The summed E-state index contributed by atoms with van der Waals surface area (Å²) in [7, 11) is 7.00. The standard InChI is InChI=1S/C15H25BO/c1-6-14-9-11-13(5,17-11)12(3,4)15(14,16)8-7-10(14)2/h10-11H,6-9H2,1-5H3/t10?,11?,13?,14-,15?/m1/s1. The normalized spacial score (nSPS) is 59.6. The van der Waals surface area contributed by atoms with Crippen LogP contribution in [-0.4, -0.2) is 19.6 Å². The molecule has 0 aromatic heterocycles. The molecule has 0 amide bonds. The number of fused-ring (bicyclic) bond motifs is 2. The second-order valence-electron chi connectivity index (χ2n) is 7.46. The van der Waals surface area contributed by atoms with Crippen molar-refractivity contribution >= 4 is 7.85 Å². The maximum absolute atomic E-state index is 7.00. The molecule has 1 heterocycles. The fourth-order valence-corrected chi connectivity index (χ4v) is 5.36. The Balaban J connectivity index is 2.14. The SMILES string of the molecule is [B]C12CCC(C)[C@@]1(CC)CC1OC1(C)C2(C)C. The van der Waals surface area contributed by atoms with Crippen molar-refractivity contribution in [3.63, 3.8) is 0 Å². The van der Waals surface area contributed by atoms with Gasteiger partial charge in [-0.05, 0) is 30.1 Å². The van der Waals surface area contributed by atoms with Crippen LogP contribution >= 0.6 is 0 Å². The van der Waals surface area contributed by atoms with E-state index in [1.807, 2.05) is 0 Å². The van der Waals surface area contributed by atoms with Crippen LogP contribution in [0.4, 0.5) is 0 Å². The summed E-state index contributed by atoms with van der Waals surface area (Å²) in [5.74, 6) is 0.741. The zero-order chi connectivity index (χ0) is 12.7. The van der Waals surface area contributed by atoms with Crippen LogP contribution in [-0.2, 0) is 4.74 Å². The van der Waals surface area contributed by atoms with Gasteiger partial charge in [0.2, 0.25) is 0 Å². The van der Waals surface area contributed by atoms with Crippen molar-refractivity contribution in [1.82, 2.24) is 0 Å². The summed E-state index contributed by atoms with van der Waals surface area (Å²) >= 11 is 0. The maximum Gasteiger partial charge on any atom is 0.0969 e. The molecule has 3 rings (SSSR count). The molecular weight excluding hydrogens is 207 g/mol. The summed E-state index contributed by atoms with van der Waals surface area (Å²) in [4.78, 5) is 0. The van der Waals surface area contributed by atoms with E-state index in [0.29, 0.717) is 11.5 Å². The van der Waals surface area contributed by atoms with Gasteiger partial charge in [0.1, 0.15) is 0 Å². The predicted molar refractivity (Wildman–Crippen MR) is 71.2 cm³/mol. The van der Waals surface area contributed by atoms with Crippen LogP contribution in [0.15, 0.2) is 0 Å². The van der Waals surface area contributed by atoms with Crippen molar-refractivity contribution in [1.29, 1.82) is 0 Å². The number of hydrogen-bond acceptors (Lipinski definition) is 1. The highest BCUT2D eigenvalue weighted by atomic mass is 16.6. The summed E-state index contributed by atoms with van der Waals surface area (Å²) in [5, 5.41) is -0.0457. The molecule has 1 nitrogen and oxygen atoms in total. The van der Waals surface area contributed by atoms with Gasteiger partial charge < -0.3 is 4.74 Å². The minimum absolute atomic E-state index is 0.0322. The van der Waals surface area contributed by atoms with Gasteiger partial charge in [-0.1, -0.05) is 52.3 Å². The molecule has 0 spiro atoms. The monoisotopic (exact) mass is 232 g/mol. The van der Waals surface area contributed by atoms with Crippen molar-refractivity contribution in [3.05, 3.63) is 0 Å². The lowest BCUT2D eigenvalue weighted by atomic mass is 9.35. The summed E-state index contributed by atoms with van der Waals surface area (Å²) in [6, 6.07) is 0. The van der Waals surface area contributed by atoms with E-state index in [0.717, 1.165) is 5.92 Å². The highest BCUT2D eigenvalue weighted by molar-refractivity contribution is 6.17. The topological polar surface area (TPSA) is 12.5 Å². The lowest BCUT2D eigenvalue weighted by Gasteiger charge is -2.60. The van der Waals surface area contributed by atoms with Crippen LogP contribution in [0.2, 0.25) is 5.31 Å². The molecule has 3 fully saturated rings. The molecule has 3 aliphatic rings. The third kappa shape index (κ3) is 1.00. The molecular formula is C15H25BO. The molecule has 17 heavy (non-hydrogen) atoms. The lowest BCUT2D eigenvalue weighted by molar-refractivity contribution is -0.00884. The third-order valence-electron chi connectivity index (χ3n) is 7.28. The van der Waals surface area contributed by atoms with E-state index in [1.54, 1.807) is 0 Å². The second-order valence-corrected chi connectivity index (χ2v) is 7.46. The van der Waals surface area contributed by atoms with E-state index in [9.17, 15) is 0 Å². The minimum atomic E-state index is -0.0457. The van der Waals surface area contributed by atoms with Crippen LogP contribution in [0.1, 0.15) is 60.3 Å². The Hall–Kier alpha value is 0.0249. The quantitative estimate of drug-likeness (QED) is 0.495. The Kier molecular flexibility index (Phi) is 2.10. The first-order valence-electron chi connectivity index (χ1n) is 7.22. The van der Waals surface area contributed by atoms with Gasteiger partial charge in [0.25, 0.3) is 0 Å². The highest BCUT2D eigenvalue weighted by Gasteiger charge is 2.77. The first-order chi connectivity index (χ1) is 7.75. The average molecular weight is 232 g/mol. The third-order valence-corrected chi connectivity index (χ3v) is 7.28. The first kappa shape index (κ1) is 12.1. The van der Waals surface area contributed by atoms with Crippen LogP contribution in [0.5, 0.6) is 0 Å². The van der Waals surface area contributed by atoms with Crippen molar-refractivity contribution in [2.24, 2.45) is 16.7 Å². The van der Waals surface area contributed by atoms with Crippen molar-refractivity contribution < 1.29 is 4.74 Å². The van der Waals surface area contributed by atoms with Gasteiger partial charge in [-0.3, -0.25) is 0 Å². The molecule has 2 heteroatoms. The molecule has 1 aliphatic heterocycles. The summed E-state index contributed by atoms with van der Waals surface area (Å²) < 4.78 is 6.08. The molecule has 0 bridgehead atoms. The molecule has 4 unspecified atom stereocenters. The van der Waals surface area contributed by atoms with Crippen LogP contribution in [0.3, 0.4) is 0 Å². The molecule has 2 aliphatic carbocycles. The minimum Gasteiger partial charge on any atom is -0.366 e. The lowest BCUT2D eigenvalue weighted by Crippen LogP contribution is -2.55. The van der Waals surface area contributed by atoms with Gasteiger partial charge in [-0.2, -0.15) is 0 Å². The zero-order valence-electron chi connectivity index (χ0n) is 12.0. The second kappa shape index (κ2) is 2.95. The Labute approximate surface area is 107 Å². The van der Waals surface area contributed by atoms with Crippen LogP contribution in [0, 0.1) is 16.7 Å². The molecule has 5 atom stereocenters. The van der Waals surface area contributed by atoms with Crippen LogP contribution in [0.25, 0.3) is 0 Å². The van der Waals surface area contributed by atoms with E-state index >= 15 is 0 Å². The van der Waals surface area contributed by atoms with E-state index < -0.39 is 0 Å². The fraction of sp³-hybridized carbons (Fsp3) is 1.00. The zero-order valence-corrected chi connectivity index (χ0v) is 12.0. The van der Waals surface area contributed by atoms with Gasteiger partial charge in [0, 0.05) is 0 Å². The Morgan fingerprint density at radius 2 is 1.94 bits per heavy atom. The molecule has 2 saturated carbocycles. The van der Waals surface area contributed by atoms with E-state index in [1.165, 1.54) is 25.7 Å². The molecule has 2 radical (unpaired) electrons. The van der Waals surface area contributed by atoms with Gasteiger partial charge >= 0.3 is 0 Å². The Morgan fingerprint density at radius 1 is 1.29 bits per heavy atom. The van der Waals surface area contributed by atoms with Crippen LogP contribution < -0.4 is 0 Å². The van der Waals surface area contributed by atoms with Gasteiger partial charge in [-0.15, -0.1) is 0 Å². The average Bonchev–Trinajstić information content (AvgIpc) is 2.86. The fourth-order valence-electron chi connectivity index (χ4n) is 5.36. The van der Waals surface area contributed by atoms with Gasteiger partial charge in [-0.25, -0.2) is 0 Å². The highest BCUT2D eigenvalue weighted by Crippen LogP contribution is 2.80. The molecule has 0 aromatic rings. The largest absolute Gasteiger partial charge is 0.366 e. The van der Waals surface area contributed by atoms with Crippen molar-refractivity contribution in [2.75, 3.05) is 0 Å². The predicted octanol–water partition coefficient (Wildman–Crippen LogP) is 3.73.